The van der Waals surface area contributed by atoms with Crippen LogP contribution in [0.2, 0.25) is 0 Å². The number of aliphatic hydroxyl groups excluding tert-OH is 1. The van der Waals surface area contributed by atoms with E-state index in [0.29, 0.717) is 13.2 Å². The maximum absolute atomic E-state index is 10.3. The zero-order valence-electron chi connectivity index (χ0n) is 17.4. The van der Waals surface area contributed by atoms with Crippen molar-refractivity contribution >= 4 is 0 Å². The van der Waals surface area contributed by atoms with Crippen LogP contribution in [-0.2, 0) is 11.3 Å². The van der Waals surface area contributed by atoms with E-state index in [0.717, 1.165) is 57.1 Å². The van der Waals surface area contributed by atoms with Crippen molar-refractivity contribution < 1.29 is 14.6 Å². The molecule has 0 radical (unpaired) electrons. The Morgan fingerprint density at radius 1 is 1.19 bits per heavy atom. The average molecular weight is 380 g/mol. The van der Waals surface area contributed by atoms with Gasteiger partial charge in [-0.05, 0) is 38.1 Å². The zero-order chi connectivity index (χ0) is 19.7. The molecule has 1 aliphatic rings. The lowest BCUT2D eigenvalue weighted by Gasteiger charge is -2.34. The highest BCUT2D eigenvalue weighted by Crippen LogP contribution is 2.14. The standard InChI is InChI=1S/C21H37N3O3/c1-5-23-9-11-24(12-10-23)15-19(25)16-27-20-8-6-7-18(13-20)14-22-17-21(2,3)26-4/h6-8,13,19,22,25H,5,9-12,14-17H2,1-4H3. The normalized spacial score (nSPS) is 17.8. The van der Waals surface area contributed by atoms with Gasteiger partial charge in [0, 0.05) is 52.9 Å². The molecule has 2 N–H and O–H groups in total. The quantitative estimate of drug-likeness (QED) is 0.609. The Morgan fingerprint density at radius 2 is 1.89 bits per heavy atom. The largest absolute Gasteiger partial charge is 0.491 e. The highest BCUT2D eigenvalue weighted by Gasteiger charge is 2.18. The molecule has 1 unspecified atom stereocenters. The van der Waals surface area contributed by atoms with Gasteiger partial charge in [0.2, 0.25) is 0 Å². The lowest BCUT2D eigenvalue weighted by Crippen LogP contribution is -2.49. The van der Waals surface area contributed by atoms with Gasteiger partial charge < -0.3 is 24.8 Å². The van der Waals surface area contributed by atoms with Gasteiger partial charge in [0.15, 0.2) is 0 Å². The Morgan fingerprint density at radius 3 is 2.56 bits per heavy atom. The Kier molecular flexibility index (Phi) is 8.99. The van der Waals surface area contributed by atoms with Crippen LogP contribution in [-0.4, -0.2) is 86.1 Å². The molecule has 0 spiro atoms. The summed E-state index contributed by atoms with van der Waals surface area (Å²) in [6.07, 6.45) is -0.470. The summed E-state index contributed by atoms with van der Waals surface area (Å²) in [5.41, 5.74) is 0.977. The van der Waals surface area contributed by atoms with Gasteiger partial charge >= 0.3 is 0 Å². The lowest BCUT2D eigenvalue weighted by atomic mass is 10.1. The van der Waals surface area contributed by atoms with E-state index in [4.69, 9.17) is 9.47 Å². The third kappa shape index (κ3) is 8.15. The first-order valence-corrected chi connectivity index (χ1v) is 10.0. The maximum atomic E-state index is 10.3. The van der Waals surface area contributed by atoms with E-state index >= 15 is 0 Å². The minimum absolute atomic E-state index is 0.180. The molecular formula is C21H37N3O3. The summed E-state index contributed by atoms with van der Waals surface area (Å²) in [6.45, 7) is 14.1. The third-order valence-electron chi connectivity index (χ3n) is 5.15. The minimum Gasteiger partial charge on any atom is -0.491 e. The number of likely N-dealkylation sites (N-methyl/N-ethyl adjacent to an activating group) is 1. The second-order valence-electron chi connectivity index (χ2n) is 7.91. The van der Waals surface area contributed by atoms with Gasteiger partial charge in [-0.25, -0.2) is 0 Å². The average Bonchev–Trinajstić information content (AvgIpc) is 2.67. The van der Waals surface area contributed by atoms with Crippen LogP contribution in [0.4, 0.5) is 0 Å². The van der Waals surface area contributed by atoms with Gasteiger partial charge in [0.05, 0.1) is 5.60 Å². The van der Waals surface area contributed by atoms with Crippen LogP contribution in [0.15, 0.2) is 24.3 Å². The molecule has 154 valence electrons. The first-order chi connectivity index (χ1) is 12.9. The van der Waals surface area contributed by atoms with Gasteiger partial charge in [-0.1, -0.05) is 19.1 Å². The summed E-state index contributed by atoms with van der Waals surface area (Å²) in [5.74, 6) is 0.801. The summed E-state index contributed by atoms with van der Waals surface area (Å²) in [7, 11) is 1.73. The van der Waals surface area contributed by atoms with E-state index in [9.17, 15) is 5.11 Å². The summed E-state index contributed by atoms with van der Waals surface area (Å²) in [6, 6.07) is 8.03. The Hall–Kier alpha value is -1.18. The highest BCUT2D eigenvalue weighted by atomic mass is 16.5. The molecule has 1 fully saturated rings. The number of nitrogens with zero attached hydrogens (tertiary/aromatic N) is 2. The zero-order valence-corrected chi connectivity index (χ0v) is 17.4. The van der Waals surface area contributed by atoms with Gasteiger partial charge in [-0.15, -0.1) is 0 Å². The molecule has 0 amide bonds. The van der Waals surface area contributed by atoms with Gasteiger partial charge in [-0.3, -0.25) is 4.90 Å². The Bertz CT molecular complexity index is 545. The second kappa shape index (κ2) is 11.0. The smallest absolute Gasteiger partial charge is 0.119 e. The van der Waals surface area contributed by atoms with Crippen molar-refractivity contribution in [1.82, 2.24) is 15.1 Å². The van der Waals surface area contributed by atoms with Crippen LogP contribution >= 0.6 is 0 Å². The molecule has 1 heterocycles. The van der Waals surface area contributed by atoms with Crippen LogP contribution in [0.3, 0.4) is 0 Å². The predicted molar refractivity (Wildman–Crippen MR) is 109 cm³/mol. The summed E-state index contributed by atoms with van der Waals surface area (Å²) in [5, 5.41) is 13.7. The fourth-order valence-electron chi connectivity index (χ4n) is 3.16. The first-order valence-electron chi connectivity index (χ1n) is 10.0. The second-order valence-corrected chi connectivity index (χ2v) is 7.91. The molecule has 6 nitrogen and oxygen atoms in total. The van der Waals surface area contributed by atoms with E-state index < -0.39 is 6.10 Å². The molecule has 0 aliphatic carbocycles. The van der Waals surface area contributed by atoms with Crippen LogP contribution in [0.5, 0.6) is 5.75 Å². The number of benzene rings is 1. The molecule has 0 bridgehead atoms. The van der Waals surface area contributed by atoms with Crippen molar-refractivity contribution in [3.05, 3.63) is 29.8 Å². The van der Waals surface area contributed by atoms with E-state index in [1.54, 1.807) is 7.11 Å². The molecule has 1 atom stereocenters. The topological polar surface area (TPSA) is 57.2 Å². The first kappa shape index (κ1) is 22.1. The van der Waals surface area contributed by atoms with Crippen molar-refractivity contribution in [2.45, 2.75) is 39.0 Å². The van der Waals surface area contributed by atoms with Crippen LogP contribution in [0.25, 0.3) is 0 Å². The Balaban J connectivity index is 1.71. The van der Waals surface area contributed by atoms with Crippen molar-refractivity contribution in [3.8, 4) is 5.75 Å². The molecular weight excluding hydrogens is 342 g/mol. The number of piperazine rings is 1. The molecule has 1 aromatic carbocycles. The van der Waals surface area contributed by atoms with Gasteiger partial charge in [0.1, 0.15) is 18.5 Å². The molecule has 1 saturated heterocycles. The number of rotatable bonds is 11. The SMILES string of the molecule is CCN1CCN(CC(O)COc2cccc(CNCC(C)(C)OC)c2)CC1. The summed E-state index contributed by atoms with van der Waals surface area (Å²) < 4.78 is 11.2. The van der Waals surface area contributed by atoms with Crippen molar-refractivity contribution in [1.29, 1.82) is 0 Å². The van der Waals surface area contributed by atoms with Gasteiger partial charge in [0.25, 0.3) is 0 Å². The molecule has 2 rings (SSSR count). The molecule has 0 saturated carbocycles. The van der Waals surface area contributed by atoms with Gasteiger partial charge in [-0.2, -0.15) is 0 Å². The van der Waals surface area contributed by atoms with E-state index in [-0.39, 0.29) is 5.60 Å². The monoisotopic (exact) mass is 379 g/mol. The number of β-amino-alcohol motifs (C(OH)–C–C–N with tert-alkyl or cyclic N) is 1. The number of aliphatic hydroxyl groups is 1. The molecule has 6 heteroatoms. The molecule has 1 aromatic rings. The minimum atomic E-state index is -0.470. The lowest BCUT2D eigenvalue weighted by molar-refractivity contribution is 0.0230. The van der Waals surface area contributed by atoms with Crippen LogP contribution < -0.4 is 10.1 Å². The van der Waals surface area contributed by atoms with Crippen molar-refractivity contribution in [3.63, 3.8) is 0 Å². The fraction of sp³-hybridized carbons (Fsp3) is 0.714. The molecule has 27 heavy (non-hydrogen) atoms. The molecule has 0 aromatic heterocycles. The summed E-state index contributed by atoms with van der Waals surface area (Å²) in [4.78, 5) is 4.75. The number of nitrogens with one attached hydrogen (secondary N) is 1. The third-order valence-corrected chi connectivity index (χ3v) is 5.15. The van der Waals surface area contributed by atoms with E-state index in [1.165, 1.54) is 0 Å². The number of hydrogen-bond donors (Lipinski definition) is 2. The molecule has 1 aliphatic heterocycles. The van der Waals surface area contributed by atoms with Crippen LogP contribution in [0.1, 0.15) is 26.3 Å². The maximum Gasteiger partial charge on any atom is 0.119 e. The van der Waals surface area contributed by atoms with E-state index in [1.807, 2.05) is 18.2 Å². The van der Waals surface area contributed by atoms with Crippen molar-refractivity contribution in [2.75, 3.05) is 59.5 Å². The summed E-state index contributed by atoms with van der Waals surface area (Å²) >= 11 is 0. The number of methoxy groups -OCH3 is 1. The van der Waals surface area contributed by atoms with E-state index in [2.05, 4.69) is 42.0 Å². The van der Waals surface area contributed by atoms with Crippen molar-refractivity contribution in [2.24, 2.45) is 0 Å². The predicted octanol–water partition coefficient (Wildman–Crippen LogP) is 1.58. The fourth-order valence-corrected chi connectivity index (χ4v) is 3.16. The van der Waals surface area contributed by atoms with Crippen LogP contribution in [0, 0.1) is 0 Å². The number of ether oxygens (including phenoxy) is 2. The highest BCUT2D eigenvalue weighted by molar-refractivity contribution is 5.28. The number of hydrogen-bond acceptors (Lipinski definition) is 6. The Labute approximate surface area is 164 Å².